The van der Waals surface area contributed by atoms with Gasteiger partial charge in [-0.2, -0.15) is 0 Å². The molecule has 0 spiro atoms. The van der Waals surface area contributed by atoms with Gasteiger partial charge in [0.1, 0.15) is 0 Å². The fourth-order valence-electron chi connectivity index (χ4n) is 3.09. The van der Waals surface area contributed by atoms with Crippen molar-refractivity contribution in [1.29, 1.82) is 0 Å². The van der Waals surface area contributed by atoms with Crippen LogP contribution in [-0.2, 0) is 0 Å². The molecule has 0 aromatic rings. The van der Waals surface area contributed by atoms with Crippen molar-refractivity contribution in [3.05, 3.63) is 0 Å². The third-order valence-electron chi connectivity index (χ3n) is 3.92. The van der Waals surface area contributed by atoms with E-state index >= 15 is 0 Å². The Hall–Kier alpha value is -0.0800. The van der Waals surface area contributed by atoms with Crippen molar-refractivity contribution in [1.82, 2.24) is 10.2 Å². The van der Waals surface area contributed by atoms with Gasteiger partial charge in [0.15, 0.2) is 0 Å². The normalized spacial score (nSPS) is 29.4. The van der Waals surface area contributed by atoms with Crippen LogP contribution in [0.15, 0.2) is 0 Å². The van der Waals surface area contributed by atoms with E-state index < -0.39 is 0 Å². The smallest absolute Gasteiger partial charge is 0.0156 e. The summed E-state index contributed by atoms with van der Waals surface area (Å²) in [7, 11) is 2.09. The van der Waals surface area contributed by atoms with Crippen LogP contribution in [0.1, 0.15) is 53.4 Å². The molecule has 15 heavy (non-hydrogen) atoms. The molecule has 0 amide bonds. The van der Waals surface area contributed by atoms with Crippen LogP contribution >= 0.6 is 0 Å². The Kier molecular flexibility index (Phi) is 4.60. The van der Waals surface area contributed by atoms with E-state index in [0.29, 0.717) is 5.54 Å². The Bertz CT molecular complexity index is 189. The highest BCUT2D eigenvalue weighted by atomic mass is 15.2. The summed E-state index contributed by atoms with van der Waals surface area (Å²) in [5, 5.41) is 3.41. The minimum absolute atomic E-state index is 0.382. The second kappa shape index (κ2) is 5.31. The van der Waals surface area contributed by atoms with Gasteiger partial charge in [-0.25, -0.2) is 0 Å². The average Bonchev–Trinajstić information content (AvgIpc) is 2.17. The van der Waals surface area contributed by atoms with E-state index in [4.69, 9.17) is 0 Å². The molecule has 1 saturated heterocycles. The summed E-state index contributed by atoms with van der Waals surface area (Å²) in [4.78, 5) is 2.70. The first-order valence-corrected chi connectivity index (χ1v) is 6.45. The largest absolute Gasteiger partial charge is 0.317 e. The molecule has 1 N–H and O–H groups in total. The van der Waals surface area contributed by atoms with Crippen molar-refractivity contribution in [2.75, 3.05) is 13.6 Å². The second-order valence-corrected chi connectivity index (χ2v) is 5.61. The molecule has 1 aliphatic rings. The van der Waals surface area contributed by atoms with Crippen LogP contribution in [-0.4, -0.2) is 36.1 Å². The van der Waals surface area contributed by atoms with Crippen molar-refractivity contribution in [3.8, 4) is 0 Å². The van der Waals surface area contributed by atoms with E-state index in [1.54, 1.807) is 0 Å². The van der Waals surface area contributed by atoms with E-state index in [-0.39, 0.29) is 0 Å². The lowest BCUT2D eigenvalue weighted by Gasteiger charge is -2.47. The lowest BCUT2D eigenvalue weighted by Crippen LogP contribution is -2.55. The van der Waals surface area contributed by atoms with Gasteiger partial charge in [0.05, 0.1) is 0 Å². The third-order valence-corrected chi connectivity index (χ3v) is 3.92. The summed E-state index contributed by atoms with van der Waals surface area (Å²) in [6.45, 7) is 10.7. The fraction of sp³-hybridized carbons (Fsp3) is 1.00. The summed E-state index contributed by atoms with van der Waals surface area (Å²) >= 11 is 0. The maximum Gasteiger partial charge on any atom is 0.0156 e. The number of likely N-dealkylation sites (tertiary alicyclic amines) is 1. The summed E-state index contributed by atoms with van der Waals surface area (Å²) < 4.78 is 0. The Morgan fingerprint density at radius 2 is 2.07 bits per heavy atom. The Labute approximate surface area is 95.4 Å². The first-order valence-electron chi connectivity index (χ1n) is 6.45. The lowest BCUT2D eigenvalue weighted by atomic mass is 9.89. The van der Waals surface area contributed by atoms with Crippen LogP contribution in [0.25, 0.3) is 0 Å². The first-order chi connectivity index (χ1) is 7.01. The molecule has 90 valence electrons. The SMILES string of the molecule is CCCC(C)(C)N1CCC(NC)CC1C. The zero-order chi connectivity index (χ0) is 11.5. The quantitative estimate of drug-likeness (QED) is 0.770. The molecule has 0 radical (unpaired) electrons. The molecule has 2 atom stereocenters. The van der Waals surface area contributed by atoms with Gasteiger partial charge in [0, 0.05) is 24.2 Å². The van der Waals surface area contributed by atoms with Crippen molar-refractivity contribution in [2.45, 2.75) is 71.0 Å². The number of hydrogen-bond acceptors (Lipinski definition) is 2. The molecule has 1 fully saturated rings. The Balaban J connectivity index is 2.56. The third kappa shape index (κ3) is 3.18. The van der Waals surface area contributed by atoms with Gasteiger partial charge in [0.2, 0.25) is 0 Å². The minimum Gasteiger partial charge on any atom is -0.317 e. The van der Waals surface area contributed by atoms with E-state index in [1.807, 2.05) is 0 Å². The molecule has 1 heterocycles. The molecule has 1 aliphatic heterocycles. The molecule has 2 heteroatoms. The monoisotopic (exact) mass is 212 g/mol. The average molecular weight is 212 g/mol. The number of rotatable bonds is 4. The Morgan fingerprint density at radius 1 is 1.40 bits per heavy atom. The van der Waals surface area contributed by atoms with Crippen LogP contribution in [0, 0.1) is 0 Å². The number of hydrogen-bond donors (Lipinski definition) is 1. The molecule has 0 bridgehead atoms. The number of nitrogens with zero attached hydrogens (tertiary/aromatic N) is 1. The second-order valence-electron chi connectivity index (χ2n) is 5.61. The first kappa shape index (κ1) is 13.0. The molecular weight excluding hydrogens is 184 g/mol. The highest BCUT2D eigenvalue weighted by Crippen LogP contribution is 2.28. The van der Waals surface area contributed by atoms with Crippen molar-refractivity contribution >= 4 is 0 Å². The predicted molar refractivity (Wildman–Crippen MR) is 67.2 cm³/mol. The number of nitrogens with one attached hydrogen (secondary N) is 1. The summed E-state index contributed by atoms with van der Waals surface area (Å²) in [5.74, 6) is 0. The standard InChI is InChI=1S/C13H28N2/c1-6-8-13(3,4)15-9-7-12(14-5)10-11(15)2/h11-12,14H,6-10H2,1-5H3. The van der Waals surface area contributed by atoms with Crippen molar-refractivity contribution in [2.24, 2.45) is 0 Å². The van der Waals surface area contributed by atoms with Gasteiger partial charge in [0.25, 0.3) is 0 Å². The predicted octanol–water partition coefficient (Wildman–Crippen LogP) is 2.64. The molecule has 0 aromatic heterocycles. The fourth-order valence-corrected chi connectivity index (χ4v) is 3.09. The summed E-state index contributed by atoms with van der Waals surface area (Å²) in [6.07, 6.45) is 5.19. The maximum absolute atomic E-state index is 3.41. The topological polar surface area (TPSA) is 15.3 Å². The minimum atomic E-state index is 0.382. The molecule has 1 rings (SSSR count). The van der Waals surface area contributed by atoms with Crippen LogP contribution in [0.4, 0.5) is 0 Å². The van der Waals surface area contributed by atoms with Gasteiger partial charge >= 0.3 is 0 Å². The molecular formula is C13H28N2. The lowest BCUT2D eigenvalue weighted by molar-refractivity contribution is 0.0319. The number of piperidine rings is 1. The van der Waals surface area contributed by atoms with Crippen molar-refractivity contribution in [3.63, 3.8) is 0 Å². The maximum atomic E-state index is 3.41. The van der Waals surface area contributed by atoms with Gasteiger partial charge in [-0.3, -0.25) is 4.90 Å². The Morgan fingerprint density at radius 3 is 2.53 bits per heavy atom. The van der Waals surface area contributed by atoms with Gasteiger partial charge in [-0.1, -0.05) is 13.3 Å². The highest BCUT2D eigenvalue weighted by molar-refractivity contribution is 4.90. The summed E-state index contributed by atoms with van der Waals surface area (Å²) in [5.41, 5.74) is 0.382. The zero-order valence-corrected chi connectivity index (χ0v) is 11.1. The van der Waals surface area contributed by atoms with Crippen LogP contribution in [0.3, 0.4) is 0 Å². The molecule has 2 unspecified atom stereocenters. The van der Waals surface area contributed by atoms with Crippen molar-refractivity contribution < 1.29 is 0 Å². The van der Waals surface area contributed by atoms with Gasteiger partial charge in [-0.15, -0.1) is 0 Å². The summed E-state index contributed by atoms with van der Waals surface area (Å²) in [6, 6.07) is 1.45. The highest BCUT2D eigenvalue weighted by Gasteiger charge is 2.33. The van der Waals surface area contributed by atoms with E-state index in [1.165, 1.54) is 32.2 Å². The van der Waals surface area contributed by atoms with Gasteiger partial charge in [-0.05, 0) is 47.1 Å². The van der Waals surface area contributed by atoms with E-state index in [0.717, 1.165) is 12.1 Å². The van der Waals surface area contributed by atoms with E-state index in [2.05, 4.69) is 45.0 Å². The zero-order valence-electron chi connectivity index (χ0n) is 11.1. The van der Waals surface area contributed by atoms with Crippen LogP contribution in [0.2, 0.25) is 0 Å². The van der Waals surface area contributed by atoms with Gasteiger partial charge < -0.3 is 5.32 Å². The van der Waals surface area contributed by atoms with Crippen LogP contribution in [0.5, 0.6) is 0 Å². The molecule has 2 nitrogen and oxygen atoms in total. The van der Waals surface area contributed by atoms with Crippen LogP contribution < -0.4 is 5.32 Å². The molecule has 0 aromatic carbocycles. The van der Waals surface area contributed by atoms with E-state index in [9.17, 15) is 0 Å². The molecule has 0 saturated carbocycles. The molecule has 0 aliphatic carbocycles.